The minimum absolute atomic E-state index is 0.178. The Morgan fingerprint density at radius 3 is 2.55 bits per heavy atom. The number of esters is 1. The number of hydrogen-bond acceptors (Lipinski definition) is 3. The number of aryl methyl sites for hydroxylation is 1. The highest BCUT2D eigenvalue weighted by molar-refractivity contribution is 5.79. The van der Waals surface area contributed by atoms with E-state index >= 15 is 0 Å². The number of rotatable bonds is 5. The summed E-state index contributed by atoms with van der Waals surface area (Å²) in [4.78, 5) is 23.9. The number of aromatic nitrogens is 2. The van der Waals surface area contributed by atoms with E-state index < -0.39 is 0 Å². The van der Waals surface area contributed by atoms with Crippen LogP contribution in [-0.2, 0) is 16.1 Å². The van der Waals surface area contributed by atoms with Gasteiger partial charge >= 0.3 is 11.7 Å². The Hall–Kier alpha value is -2.30. The van der Waals surface area contributed by atoms with Crippen molar-refractivity contribution < 1.29 is 9.53 Å². The molecule has 0 aliphatic carbocycles. The highest BCUT2D eigenvalue weighted by atomic mass is 16.5. The molecule has 0 aliphatic heterocycles. The van der Waals surface area contributed by atoms with Crippen molar-refractivity contribution in [3.05, 3.63) is 41.3 Å². The molecule has 0 bridgehead atoms. The number of allylic oxidation sites excluding steroid dienone is 1. The van der Waals surface area contributed by atoms with Crippen molar-refractivity contribution in [2.45, 2.75) is 26.8 Å². The molecule has 0 aliphatic rings. The third kappa shape index (κ3) is 2.52. The Labute approximate surface area is 117 Å². The molecule has 0 fully saturated rings. The van der Waals surface area contributed by atoms with E-state index in [1.807, 2.05) is 24.3 Å². The summed E-state index contributed by atoms with van der Waals surface area (Å²) >= 11 is 0. The molecule has 0 amide bonds. The smallest absolute Gasteiger partial charge is 0.333 e. The molecule has 5 nitrogen and oxygen atoms in total. The standard InChI is InChI=1S/C15H18N2O3/c1-4-20-14(18)9-10-16-12-7-5-6-8-13(12)17(11(2)3)15(16)19/h5-8H,2,4,9-10H2,1,3H3. The van der Waals surface area contributed by atoms with Gasteiger partial charge in [-0.15, -0.1) is 0 Å². The fourth-order valence-electron chi connectivity index (χ4n) is 2.23. The molecule has 0 atom stereocenters. The van der Waals surface area contributed by atoms with Gasteiger partial charge in [-0.2, -0.15) is 0 Å². The average molecular weight is 274 g/mol. The SMILES string of the molecule is C=C(C)n1c(=O)n(CCC(=O)OCC)c2ccccc21. The van der Waals surface area contributed by atoms with E-state index in [0.29, 0.717) is 18.8 Å². The molecule has 2 aromatic rings. The minimum Gasteiger partial charge on any atom is -0.466 e. The summed E-state index contributed by atoms with van der Waals surface area (Å²) in [5, 5.41) is 0. The van der Waals surface area contributed by atoms with Gasteiger partial charge in [0.05, 0.1) is 24.1 Å². The fraction of sp³-hybridized carbons (Fsp3) is 0.333. The molecular formula is C15H18N2O3. The molecule has 0 saturated carbocycles. The number of carbonyl (C=O) groups is 1. The lowest BCUT2D eigenvalue weighted by atomic mass is 10.3. The Balaban J connectivity index is 2.43. The van der Waals surface area contributed by atoms with Gasteiger partial charge < -0.3 is 4.74 Å². The molecule has 0 N–H and O–H groups in total. The molecule has 0 unspecified atom stereocenters. The zero-order chi connectivity index (χ0) is 14.7. The van der Waals surface area contributed by atoms with Crippen molar-refractivity contribution in [3.63, 3.8) is 0 Å². The van der Waals surface area contributed by atoms with Gasteiger partial charge in [0.25, 0.3) is 0 Å². The second kappa shape index (κ2) is 5.77. The number of nitrogens with zero attached hydrogens (tertiary/aromatic N) is 2. The van der Waals surface area contributed by atoms with Crippen molar-refractivity contribution in [3.8, 4) is 0 Å². The predicted octanol–water partition coefficient (Wildman–Crippen LogP) is 2.25. The minimum atomic E-state index is -0.299. The van der Waals surface area contributed by atoms with E-state index in [9.17, 15) is 9.59 Å². The summed E-state index contributed by atoms with van der Waals surface area (Å²) in [5.74, 6) is -0.299. The number of imidazole rings is 1. The maximum atomic E-state index is 12.4. The lowest BCUT2D eigenvalue weighted by Crippen LogP contribution is -2.24. The highest BCUT2D eigenvalue weighted by Gasteiger charge is 2.14. The van der Waals surface area contributed by atoms with Crippen LogP contribution in [0.15, 0.2) is 35.6 Å². The monoisotopic (exact) mass is 274 g/mol. The number of ether oxygens (including phenoxy) is 1. The van der Waals surface area contributed by atoms with Crippen molar-refractivity contribution in [1.29, 1.82) is 0 Å². The van der Waals surface area contributed by atoms with E-state index in [1.54, 1.807) is 23.0 Å². The van der Waals surface area contributed by atoms with Gasteiger partial charge in [-0.3, -0.25) is 13.9 Å². The number of benzene rings is 1. The zero-order valence-electron chi connectivity index (χ0n) is 11.8. The molecule has 5 heteroatoms. The van der Waals surface area contributed by atoms with Crippen LogP contribution in [0.25, 0.3) is 16.7 Å². The van der Waals surface area contributed by atoms with E-state index in [1.165, 1.54) is 0 Å². The first-order chi connectivity index (χ1) is 9.56. The van der Waals surface area contributed by atoms with E-state index in [2.05, 4.69) is 6.58 Å². The summed E-state index contributed by atoms with van der Waals surface area (Å²) < 4.78 is 8.03. The Morgan fingerprint density at radius 2 is 1.95 bits per heavy atom. The van der Waals surface area contributed by atoms with Crippen molar-refractivity contribution in [2.24, 2.45) is 0 Å². The molecule has 0 saturated heterocycles. The highest BCUT2D eigenvalue weighted by Crippen LogP contribution is 2.16. The topological polar surface area (TPSA) is 53.2 Å². The van der Waals surface area contributed by atoms with Crippen LogP contribution < -0.4 is 5.69 Å². The lowest BCUT2D eigenvalue weighted by Gasteiger charge is -2.03. The largest absolute Gasteiger partial charge is 0.466 e. The molecular weight excluding hydrogens is 256 g/mol. The van der Waals surface area contributed by atoms with Crippen LogP contribution in [0.5, 0.6) is 0 Å². The Morgan fingerprint density at radius 1 is 1.30 bits per heavy atom. The zero-order valence-corrected chi connectivity index (χ0v) is 11.8. The van der Waals surface area contributed by atoms with Crippen LogP contribution in [0, 0.1) is 0 Å². The van der Waals surface area contributed by atoms with Gasteiger partial charge in [0.15, 0.2) is 0 Å². The quantitative estimate of drug-likeness (QED) is 0.786. The van der Waals surface area contributed by atoms with Crippen LogP contribution in [0.3, 0.4) is 0 Å². The Bertz CT molecular complexity index is 709. The summed E-state index contributed by atoms with van der Waals surface area (Å²) in [6, 6.07) is 7.47. The number of hydrogen-bond donors (Lipinski definition) is 0. The summed E-state index contributed by atoms with van der Waals surface area (Å²) in [5.41, 5.74) is 2.07. The first-order valence-electron chi connectivity index (χ1n) is 6.58. The second-order valence-corrected chi connectivity index (χ2v) is 4.55. The molecule has 0 spiro atoms. The van der Waals surface area contributed by atoms with Crippen LogP contribution >= 0.6 is 0 Å². The molecule has 0 radical (unpaired) electrons. The molecule has 20 heavy (non-hydrogen) atoms. The van der Waals surface area contributed by atoms with Gasteiger partial charge in [0.2, 0.25) is 0 Å². The molecule has 2 rings (SSSR count). The van der Waals surface area contributed by atoms with E-state index in [0.717, 1.165) is 11.0 Å². The van der Waals surface area contributed by atoms with Crippen LogP contribution in [0.4, 0.5) is 0 Å². The third-order valence-corrected chi connectivity index (χ3v) is 3.06. The van der Waals surface area contributed by atoms with Crippen molar-refractivity contribution in [2.75, 3.05) is 6.61 Å². The van der Waals surface area contributed by atoms with E-state index in [4.69, 9.17) is 4.74 Å². The van der Waals surface area contributed by atoms with Gasteiger partial charge in [-0.25, -0.2) is 4.79 Å². The summed E-state index contributed by atoms with van der Waals surface area (Å²) in [7, 11) is 0. The van der Waals surface area contributed by atoms with Gasteiger partial charge in [0, 0.05) is 12.2 Å². The maximum absolute atomic E-state index is 12.4. The summed E-state index contributed by atoms with van der Waals surface area (Å²) in [6.45, 7) is 8.03. The van der Waals surface area contributed by atoms with Gasteiger partial charge in [0.1, 0.15) is 0 Å². The van der Waals surface area contributed by atoms with Crippen molar-refractivity contribution in [1.82, 2.24) is 9.13 Å². The van der Waals surface area contributed by atoms with Crippen LogP contribution in [0.1, 0.15) is 20.3 Å². The first kappa shape index (κ1) is 14.1. The maximum Gasteiger partial charge on any atom is 0.333 e. The van der Waals surface area contributed by atoms with Gasteiger partial charge in [-0.05, 0) is 26.0 Å². The lowest BCUT2D eigenvalue weighted by molar-refractivity contribution is -0.143. The normalized spacial score (nSPS) is 10.7. The molecule has 1 aromatic heterocycles. The summed E-state index contributed by atoms with van der Waals surface area (Å²) in [6.07, 6.45) is 0.179. The molecule has 106 valence electrons. The first-order valence-corrected chi connectivity index (χ1v) is 6.58. The van der Waals surface area contributed by atoms with Crippen LogP contribution in [-0.4, -0.2) is 21.7 Å². The van der Waals surface area contributed by atoms with E-state index in [-0.39, 0.29) is 18.1 Å². The third-order valence-electron chi connectivity index (χ3n) is 3.06. The number of para-hydroxylation sites is 2. The number of carbonyl (C=O) groups excluding carboxylic acids is 1. The predicted molar refractivity (Wildman–Crippen MR) is 78.5 cm³/mol. The van der Waals surface area contributed by atoms with Gasteiger partial charge in [-0.1, -0.05) is 18.7 Å². The molecule has 1 heterocycles. The second-order valence-electron chi connectivity index (χ2n) is 4.55. The number of fused-ring (bicyclic) bond motifs is 1. The Kier molecular flexibility index (Phi) is 4.08. The average Bonchev–Trinajstić information content (AvgIpc) is 2.68. The fourth-order valence-corrected chi connectivity index (χ4v) is 2.23. The van der Waals surface area contributed by atoms with Crippen molar-refractivity contribution >= 4 is 22.7 Å². The van der Waals surface area contributed by atoms with Crippen LogP contribution in [0.2, 0.25) is 0 Å². The molecule has 1 aromatic carbocycles.